The summed E-state index contributed by atoms with van der Waals surface area (Å²) >= 11 is 0. The van der Waals surface area contributed by atoms with E-state index in [4.69, 9.17) is 5.73 Å². The minimum atomic E-state index is 0.657. The van der Waals surface area contributed by atoms with Gasteiger partial charge in [0.15, 0.2) is 0 Å². The molecule has 0 aliphatic heterocycles. The molecule has 0 aromatic carbocycles. The van der Waals surface area contributed by atoms with Gasteiger partial charge in [-0.3, -0.25) is 0 Å². The van der Waals surface area contributed by atoms with Crippen LogP contribution in [0.4, 0.5) is 0 Å². The summed E-state index contributed by atoms with van der Waals surface area (Å²) in [6.07, 6.45) is 5.45. The molecule has 1 saturated carbocycles. The molecule has 0 radical (unpaired) electrons. The molecule has 72 valence electrons. The van der Waals surface area contributed by atoms with E-state index in [9.17, 15) is 0 Å². The van der Waals surface area contributed by atoms with Crippen LogP contribution in [0.25, 0.3) is 0 Å². The number of rotatable bonds is 5. The average molecular weight is 169 g/mol. The highest BCUT2D eigenvalue weighted by Gasteiger charge is 2.51. The summed E-state index contributed by atoms with van der Waals surface area (Å²) in [4.78, 5) is 0. The van der Waals surface area contributed by atoms with Gasteiger partial charge in [-0.05, 0) is 36.6 Å². The Morgan fingerprint density at radius 1 is 1.50 bits per heavy atom. The first kappa shape index (κ1) is 10.0. The van der Waals surface area contributed by atoms with Crippen molar-refractivity contribution in [2.75, 3.05) is 6.54 Å². The molecule has 2 N–H and O–H groups in total. The quantitative estimate of drug-likeness (QED) is 0.673. The molecule has 12 heavy (non-hydrogen) atoms. The molecule has 0 saturated heterocycles. The Bertz CT molecular complexity index is 144. The van der Waals surface area contributed by atoms with Crippen LogP contribution in [0.1, 0.15) is 46.5 Å². The Balaban J connectivity index is 2.38. The van der Waals surface area contributed by atoms with Gasteiger partial charge in [0.2, 0.25) is 0 Å². The Hall–Kier alpha value is -0.0400. The molecule has 1 aliphatic rings. The second kappa shape index (κ2) is 3.78. The fourth-order valence-corrected chi connectivity index (χ4v) is 2.43. The first-order chi connectivity index (χ1) is 5.68. The van der Waals surface area contributed by atoms with Crippen LogP contribution < -0.4 is 5.73 Å². The van der Waals surface area contributed by atoms with Gasteiger partial charge in [0.05, 0.1) is 0 Å². The van der Waals surface area contributed by atoms with Crippen LogP contribution >= 0.6 is 0 Å². The predicted molar refractivity (Wildman–Crippen MR) is 54.0 cm³/mol. The van der Waals surface area contributed by atoms with Gasteiger partial charge >= 0.3 is 0 Å². The van der Waals surface area contributed by atoms with E-state index in [-0.39, 0.29) is 0 Å². The molecule has 1 heteroatoms. The lowest BCUT2D eigenvalue weighted by Crippen LogP contribution is -2.13. The third-order valence-corrected chi connectivity index (χ3v) is 3.80. The Morgan fingerprint density at radius 3 is 2.50 bits per heavy atom. The van der Waals surface area contributed by atoms with Crippen molar-refractivity contribution < 1.29 is 0 Å². The molecular weight excluding hydrogens is 146 g/mol. The summed E-state index contributed by atoms with van der Waals surface area (Å²) in [7, 11) is 0. The molecule has 0 aromatic heterocycles. The molecule has 3 atom stereocenters. The topological polar surface area (TPSA) is 26.0 Å². The summed E-state index contributed by atoms with van der Waals surface area (Å²) in [5.74, 6) is 1.73. The summed E-state index contributed by atoms with van der Waals surface area (Å²) < 4.78 is 0. The molecule has 3 unspecified atom stereocenters. The van der Waals surface area contributed by atoms with Crippen molar-refractivity contribution in [3.8, 4) is 0 Å². The van der Waals surface area contributed by atoms with Crippen LogP contribution in [0.2, 0.25) is 0 Å². The fraction of sp³-hybridized carbons (Fsp3) is 1.00. The monoisotopic (exact) mass is 169 g/mol. The van der Waals surface area contributed by atoms with Crippen molar-refractivity contribution in [3.63, 3.8) is 0 Å². The number of hydrogen-bond acceptors (Lipinski definition) is 1. The minimum Gasteiger partial charge on any atom is -0.330 e. The van der Waals surface area contributed by atoms with Gasteiger partial charge in [-0.1, -0.05) is 33.6 Å². The zero-order valence-corrected chi connectivity index (χ0v) is 8.77. The molecule has 1 nitrogen and oxygen atoms in total. The standard InChI is InChI=1S/C11H23N/c1-4-9(3)6-11(5-2)7-10(11)8-12/h9-10H,4-8,12H2,1-3H3. The Morgan fingerprint density at radius 2 is 2.17 bits per heavy atom. The Kier molecular flexibility index (Phi) is 3.16. The van der Waals surface area contributed by atoms with Crippen molar-refractivity contribution >= 4 is 0 Å². The molecule has 0 spiro atoms. The van der Waals surface area contributed by atoms with E-state index in [1.54, 1.807) is 0 Å². The zero-order chi connectivity index (χ0) is 9.19. The summed E-state index contributed by atoms with van der Waals surface area (Å²) in [5.41, 5.74) is 6.36. The molecule has 0 bridgehead atoms. The Labute approximate surface area is 76.7 Å². The first-order valence-electron chi connectivity index (χ1n) is 5.38. The molecule has 1 rings (SSSR count). The third-order valence-electron chi connectivity index (χ3n) is 3.80. The second-order valence-electron chi connectivity index (χ2n) is 4.57. The van der Waals surface area contributed by atoms with Gasteiger partial charge in [0, 0.05) is 0 Å². The van der Waals surface area contributed by atoms with Crippen molar-refractivity contribution in [2.24, 2.45) is 23.0 Å². The third kappa shape index (κ3) is 1.82. The maximum atomic E-state index is 5.70. The normalized spacial score (nSPS) is 36.5. The SMILES string of the molecule is CCC(C)CC1(CC)CC1CN. The predicted octanol–water partition coefficient (Wildman–Crippen LogP) is 2.80. The van der Waals surface area contributed by atoms with Crippen molar-refractivity contribution in [1.29, 1.82) is 0 Å². The average Bonchev–Trinajstić information content (AvgIpc) is 2.79. The van der Waals surface area contributed by atoms with Gasteiger partial charge < -0.3 is 5.73 Å². The van der Waals surface area contributed by atoms with Crippen molar-refractivity contribution in [3.05, 3.63) is 0 Å². The van der Waals surface area contributed by atoms with Crippen molar-refractivity contribution in [2.45, 2.75) is 46.5 Å². The first-order valence-corrected chi connectivity index (χ1v) is 5.38. The van der Waals surface area contributed by atoms with Crippen molar-refractivity contribution in [1.82, 2.24) is 0 Å². The highest BCUT2D eigenvalue weighted by molar-refractivity contribution is 5.02. The lowest BCUT2D eigenvalue weighted by molar-refractivity contribution is 0.327. The van der Waals surface area contributed by atoms with E-state index in [2.05, 4.69) is 20.8 Å². The second-order valence-corrected chi connectivity index (χ2v) is 4.57. The van der Waals surface area contributed by atoms with E-state index in [0.717, 1.165) is 18.4 Å². The van der Waals surface area contributed by atoms with E-state index < -0.39 is 0 Å². The van der Waals surface area contributed by atoms with Gasteiger partial charge in [-0.25, -0.2) is 0 Å². The van der Waals surface area contributed by atoms with Crippen LogP contribution in [0.15, 0.2) is 0 Å². The van der Waals surface area contributed by atoms with Crippen LogP contribution in [0.3, 0.4) is 0 Å². The lowest BCUT2D eigenvalue weighted by atomic mass is 9.87. The van der Waals surface area contributed by atoms with E-state index >= 15 is 0 Å². The van der Waals surface area contributed by atoms with Crippen LogP contribution in [-0.2, 0) is 0 Å². The molecule has 0 heterocycles. The fourth-order valence-electron chi connectivity index (χ4n) is 2.43. The van der Waals surface area contributed by atoms with Gasteiger partial charge in [-0.2, -0.15) is 0 Å². The zero-order valence-electron chi connectivity index (χ0n) is 8.77. The van der Waals surface area contributed by atoms with E-state index in [0.29, 0.717) is 5.41 Å². The highest BCUT2D eigenvalue weighted by atomic mass is 14.7. The highest BCUT2D eigenvalue weighted by Crippen LogP contribution is 2.58. The van der Waals surface area contributed by atoms with Gasteiger partial charge in [-0.15, -0.1) is 0 Å². The number of hydrogen-bond donors (Lipinski definition) is 1. The molecule has 0 aromatic rings. The maximum absolute atomic E-state index is 5.70. The van der Waals surface area contributed by atoms with E-state index in [1.165, 1.54) is 25.7 Å². The maximum Gasteiger partial charge on any atom is -0.00433 e. The molecule has 1 fully saturated rings. The van der Waals surface area contributed by atoms with Gasteiger partial charge in [0.25, 0.3) is 0 Å². The minimum absolute atomic E-state index is 0.657. The largest absolute Gasteiger partial charge is 0.330 e. The summed E-state index contributed by atoms with van der Waals surface area (Å²) in [6.45, 7) is 7.87. The number of nitrogens with two attached hydrogens (primary N) is 1. The van der Waals surface area contributed by atoms with Crippen LogP contribution in [0, 0.1) is 17.3 Å². The van der Waals surface area contributed by atoms with Crippen LogP contribution in [0.5, 0.6) is 0 Å². The van der Waals surface area contributed by atoms with E-state index in [1.807, 2.05) is 0 Å². The van der Waals surface area contributed by atoms with Gasteiger partial charge in [0.1, 0.15) is 0 Å². The summed E-state index contributed by atoms with van der Waals surface area (Å²) in [6, 6.07) is 0. The molecular formula is C11H23N. The lowest BCUT2D eigenvalue weighted by Gasteiger charge is -2.18. The molecule has 0 amide bonds. The smallest absolute Gasteiger partial charge is 0.00433 e. The molecule has 1 aliphatic carbocycles. The summed E-state index contributed by atoms with van der Waals surface area (Å²) in [5, 5.41) is 0. The van der Waals surface area contributed by atoms with Crippen LogP contribution in [-0.4, -0.2) is 6.54 Å².